The number of nitrogens with zero attached hydrogens (tertiary/aromatic N) is 1. The zero-order valence-corrected chi connectivity index (χ0v) is 10.1. The lowest BCUT2D eigenvalue weighted by Gasteiger charge is -2.28. The van der Waals surface area contributed by atoms with Crippen LogP contribution in [0.5, 0.6) is 0 Å². The van der Waals surface area contributed by atoms with E-state index in [1.807, 2.05) is 4.90 Å². The molecule has 16 heavy (non-hydrogen) atoms. The van der Waals surface area contributed by atoms with Crippen LogP contribution in [0.2, 0.25) is 0 Å². The number of carbonyl (C=O) groups is 1. The van der Waals surface area contributed by atoms with E-state index < -0.39 is 0 Å². The van der Waals surface area contributed by atoms with Gasteiger partial charge in [0.05, 0.1) is 12.5 Å². The molecule has 0 radical (unpaired) electrons. The fourth-order valence-electron chi connectivity index (χ4n) is 1.97. The largest absolute Gasteiger partial charge is 0.383 e. The number of hydrogen-bond acceptors (Lipinski definition) is 3. The van der Waals surface area contributed by atoms with Crippen LogP contribution in [0.1, 0.15) is 12.8 Å². The molecule has 0 unspecified atom stereocenters. The molecular formula is C12H22N2O2. The van der Waals surface area contributed by atoms with Crippen LogP contribution in [0.15, 0.2) is 12.7 Å². The van der Waals surface area contributed by atoms with E-state index in [1.165, 1.54) is 0 Å². The molecule has 1 saturated heterocycles. The van der Waals surface area contributed by atoms with Gasteiger partial charge >= 0.3 is 0 Å². The van der Waals surface area contributed by atoms with Gasteiger partial charge in [-0.15, -0.1) is 6.58 Å². The molecule has 1 rings (SSSR count). The second-order valence-corrected chi connectivity index (χ2v) is 4.11. The quantitative estimate of drug-likeness (QED) is 0.676. The van der Waals surface area contributed by atoms with Crippen LogP contribution in [-0.2, 0) is 9.53 Å². The van der Waals surface area contributed by atoms with Gasteiger partial charge in [-0.3, -0.25) is 4.79 Å². The number of hydrogen-bond donors (Lipinski definition) is 1. The summed E-state index contributed by atoms with van der Waals surface area (Å²) in [6.07, 6.45) is 3.85. The van der Waals surface area contributed by atoms with Crippen LogP contribution in [0.3, 0.4) is 0 Å². The Morgan fingerprint density at radius 1 is 1.69 bits per heavy atom. The highest BCUT2D eigenvalue weighted by molar-refractivity contribution is 5.79. The van der Waals surface area contributed by atoms with E-state index in [1.54, 1.807) is 13.2 Å². The number of rotatable bonds is 6. The first-order valence-electron chi connectivity index (χ1n) is 5.89. The number of nitrogens with one attached hydrogen (secondary N) is 1. The summed E-state index contributed by atoms with van der Waals surface area (Å²) in [5, 5.41) is 3.26. The van der Waals surface area contributed by atoms with E-state index in [0.29, 0.717) is 19.7 Å². The van der Waals surface area contributed by atoms with Gasteiger partial charge in [0.2, 0.25) is 5.91 Å². The summed E-state index contributed by atoms with van der Waals surface area (Å²) in [4.78, 5) is 14.0. The lowest BCUT2D eigenvalue weighted by molar-refractivity contribution is -0.136. The molecule has 4 nitrogen and oxygen atoms in total. The number of amides is 1. The van der Waals surface area contributed by atoms with Crippen molar-refractivity contribution in [3.05, 3.63) is 12.7 Å². The van der Waals surface area contributed by atoms with Gasteiger partial charge in [0.1, 0.15) is 0 Å². The Kier molecular flexibility index (Phi) is 6.11. The molecule has 0 aromatic carbocycles. The minimum atomic E-state index is 0.130. The molecule has 0 saturated carbocycles. The van der Waals surface area contributed by atoms with E-state index in [0.717, 1.165) is 25.9 Å². The molecule has 92 valence electrons. The fourth-order valence-corrected chi connectivity index (χ4v) is 1.97. The van der Waals surface area contributed by atoms with E-state index in [9.17, 15) is 4.79 Å². The van der Waals surface area contributed by atoms with Crippen molar-refractivity contribution in [3.8, 4) is 0 Å². The number of ether oxygens (including phenoxy) is 1. The van der Waals surface area contributed by atoms with Crippen LogP contribution in [-0.4, -0.2) is 50.7 Å². The summed E-state index contributed by atoms with van der Waals surface area (Å²) in [7, 11) is 1.65. The molecule has 0 spiro atoms. The average Bonchev–Trinajstić information content (AvgIpc) is 2.35. The molecule has 1 heterocycles. The SMILES string of the molecule is C=CCN(CCOC)C(=O)[C@@H]1CCCNC1. The average molecular weight is 226 g/mol. The predicted molar refractivity (Wildman–Crippen MR) is 64.2 cm³/mol. The summed E-state index contributed by atoms with van der Waals surface area (Å²) in [5.74, 6) is 0.356. The molecule has 1 aliphatic rings. The Morgan fingerprint density at radius 3 is 3.06 bits per heavy atom. The van der Waals surface area contributed by atoms with Crippen LogP contribution in [0, 0.1) is 5.92 Å². The third kappa shape index (κ3) is 3.94. The lowest BCUT2D eigenvalue weighted by atomic mass is 9.98. The maximum atomic E-state index is 12.2. The number of carbonyl (C=O) groups excluding carboxylic acids is 1. The second-order valence-electron chi connectivity index (χ2n) is 4.11. The zero-order valence-electron chi connectivity index (χ0n) is 10.1. The highest BCUT2D eigenvalue weighted by Crippen LogP contribution is 2.13. The highest BCUT2D eigenvalue weighted by atomic mass is 16.5. The zero-order chi connectivity index (χ0) is 11.8. The van der Waals surface area contributed by atoms with Gasteiger partial charge in [0.15, 0.2) is 0 Å². The van der Waals surface area contributed by atoms with E-state index in [-0.39, 0.29) is 11.8 Å². The standard InChI is InChI=1S/C12H22N2O2/c1-3-7-14(8-9-16-2)12(15)11-5-4-6-13-10-11/h3,11,13H,1,4-10H2,2H3/t11-/m1/s1. The normalized spacial score (nSPS) is 20.4. The second kappa shape index (κ2) is 7.41. The van der Waals surface area contributed by atoms with E-state index in [4.69, 9.17) is 4.74 Å². The van der Waals surface area contributed by atoms with Crippen molar-refractivity contribution < 1.29 is 9.53 Å². The molecule has 0 aromatic heterocycles. The Bertz CT molecular complexity index is 225. The maximum absolute atomic E-state index is 12.2. The van der Waals surface area contributed by atoms with Gasteiger partial charge in [0.25, 0.3) is 0 Å². The molecule has 1 fully saturated rings. The minimum Gasteiger partial charge on any atom is -0.383 e. The van der Waals surface area contributed by atoms with Crippen molar-refractivity contribution in [1.82, 2.24) is 10.2 Å². The van der Waals surface area contributed by atoms with Gasteiger partial charge in [0, 0.05) is 26.7 Å². The van der Waals surface area contributed by atoms with Crippen LogP contribution in [0.25, 0.3) is 0 Å². The topological polar surface area (TPSA) is 41.6 Å². The molecule has 0 aliphatic carbocycles. The molecule has 0 bridgehead atoms. The van der Waals surface area contributed by atoms with Gasteiger partial charge in [-0.2, -0.15) is 0 Å². The van der Waals surface area contributed by atoms with Crippen molar-refractivity contribution >= 4 is 5.91 Å². The molecule has 0 aromatic rings. The Labute approximate surface area is 97.6 Å². The third-order valence-corrected chi connectivity index (χ3v) is 2.87. The van der Waals surface area contributed by atoms with Crippen LogP contribution in [0.4, 0.5) is 0 Å². The summed E-state index contributed by atoms with van der Waals surface area (Å²) >= 11 is 0. The first-order chi connectivity index (χ1) is 7.79. The molecule has 1 aliphatic heterocycles. The Balaban J connectivity index is 2.47. The first kappa shape index (κ1) is 13.2. The summed E-state index contributed by atoms with van der Waals surface area (Å²) in [6, 6.07) is 0. The first-order valence-corrected chi connectivity index (χ1v) is 5.89. The summed E-state index contributed by atoms with van der Waals surface area (Å²) < 4.78 is 5.01. The predicted octanol–water partition coefficient (Wildman–Crippen LogP) is 0.647. The fraction of sp³-hybridized carbons (Fsp3) is 0.750. The van der Waals surface area contributed by atoms with Gasteiger partial charge in [-0.05, 0) is 19.4 Å². The number of methoxy groups -OCH3 is 1. The van der Waals surface area contributed by atoms with Gasteiger partial charge in [-0.25, -0.2) is 0 Å². The molecular weight excluding hydrogens is 204 g/mol. The van der Waals surface area contributed by atoms with Crippen LogP contribution >= 0.6 is 0 Å². The Morgan fingerprint density at radius 2 is 2.50 bits per heavy atom. The minimum absolute atomic E-state index is 0.130. The molecule has 1 atom stereocenters. The summed E-state index contributed by atoms with van der Waals surface area (Å²) in [6.45, 7) is 7.37. The molecule has 4 heteroatoms. The number of piperidine rings is 1. The van der Waals surface area contributed by atoms with Crippen molar-refractivity contribution in [2.24, 2.45) is 5.92 Å². The van der Waals surface area contributed by atoms with Gasteiger partial charge in [-0.1, -0.05) is 6.08 Å². The smallest absolute Gasteiger partial charge is 0.227 e. The van der Waals surface area contributed by atoms with Crippen molar-refractivity contribution in [1.29, 1.82) is 0 Å². The van der Waals surface area contributed by atoms with E-state index in [2.05, 4.69) is 11.9 Å². The van der Waals surface area contributed by atoms with E-state index >= 15 is 0 Å². The molecule has 1 amide bonds. The van der Waals surface area contributed by atoms with Crippen molar-refractivity contribution in [2.75, 3.05) is 39.9 Å². The monoisotopic (exact) mass is 226 g/mol. The Hall–Kier alpha value is -0.870. The van der Waals surface area contributed by atoms with Crippen LogP contribution < -0.4 is 5.32 Å². The van der Waals surface area contributed by atoms with Gasteiger partial charge < -0.3 is 15.0 Å². The lowest BCUT2D eigenvalue weighted by Crippen LogP contribution is -2.44. The highest BCUT2D eigenvalue weighted by Gasteiger charge is 2.24. The van der Waals surface area contributed by atoms with Crippen molar-refractivity contribution in [3.63, 3.8) is 0 Å². The third-order valence-electron chi connectivity index (χ3n) is 2.87. The molecule has 1 N–H and O–H groups in total. The maximum Gasteiger partial charge on any atom is 0.227 e. The van der Waals surface area contributed by atoms with Crippen molar-refractivity contribution in [2.45, 2.75) is 12.8 Å². The summed E-state index contributed by atoms with van der Waals surface area (Å²) in [5.41, 5.74) is 0.